The topological polar surface area (TPSA) is 154 Å². The Kier molecular flexibility index (Phi) is 12.2. The third-order valence-electron chi connectivity index (χ3n) is 10.7. The molecular weight excluding hydrogens is 731 g/mol. The van der Waals surface area contributed by atoms with Crippen LogP contribution < -0.4 is 5.32 Å². The second kappa shape index (κ2) is 16.7. The summed E-state index contributed by atoms with van der Waals surface area (Å²) in [4.78, 5) is 32.4. The number of azide groups is 1. The van der Waals surface area contributed by atoms with Crippen molar-refractivity contribution in [1.82, 2.24) is 9.21 Å². The van der Waals surface area contributed by atoms with Crippen molar-refractivity contribution in [3.63, 3.8) is 0 Å². The summed E-state index contributed by atoms with van der Waals surface area (Å²) in [6, 6.07) is 16.1. The van der Waals surface area contributed by atoms with Crippen molar-refractivity contribution in [1.29, 1.82) is 0 Å². The first-order valence-corrected chi connectivity index (χ1v) is 20.1. The Labute approximate surface area is 320 Å². The summed E-state index contributed by atoms with van der Waals surface area (Å²) in [7, 11) is -4.05. The fourth-order valence-corrected chi connectivity index (χ4v) is 9.57. The molecule has 1 saturated carbocycles. The lowest BCUT2D eigenvalue weighted by Crippen LogP contribution is -2.46. The fraction of sp³-hybridized carbons (Fsp3) is 0.500. The fourth-order valence-electron chi connectivity index (χ4n) is 7.79. The van der Waals surface area contributed by atoms with E-state index in [0.29, 0.717) is 38.2 Å². The van der Waals surface area contributed by atoms with E-state index in [-0.39, 0.29) is 48.0 Å². The molecule has 3 atom stereocenters. The number of carbonyl (C=O) groups is 2. The van der Waals surface area contributed by atoms with E-state index in [1.807, 2.05) is 0 Å². The molecule has 2 saturated heterocycles. The van der Waals surface area contributed by atoms with E-state index in [0.717, 1.165) is 12.8 Å². The third-order valence-corrected chi connectivity index (χ3v) is 12.6. The summed E-state index contributed by atoms with van der Waals surface area (Å²) >= 11 is 0. The highest BCUT2D eigenvalue weighted by atomic mass is 32.2. The van der Waals surface area contributed by atoms with Crippen LogP contribution in [-0.4, -0.2) is 80.2 Å². The molecule has 0 bridgehead atoms. The quantitative estimate of drug-likeness (QED) is 0.119. The van der Waals surface area contributed by atoms with Gasteiger partial charge in [-0.05, 0) is 113 Å². The SMILES string of the molecule is CC(C)(C)OC(=O)N1C[C@H](CCc2c(F)cccc2NC(=O)[C@@H](N=[N+]=[N-])[C@@H](c2ccc(F)cc2)C2CCOCC2)N(S(=O)(=O)c2ccccc2)CC2(CC2)C1. The van der Waals surface area contributed by atoms with Crippen molar-refractivity contribution in [2.45, 2.75) is 87.8 Å². The molecule has 3 fully saturated rings. The number of hydrogen-bond acceptors (Lipinski definition) is 7. The maximum absolute atomic E-state index is 15.9. The minimum absolute atomic E-state index is 0.00351. The summed E-state index contributed by atoms with van der Waals surface area (Å²) in [5, 5.41) is 6.74. The van der Waals surface area contributed by atoms with Crippen LogP contribution in [0.2, 0.25) is 0 Å². The Balaban J connectivity index is 1.31. The minimum Gasteiger partial charge on any atom is -0.444 e. The summed E-state index contributed by atoms with van der Waals surface area (Å²) in [5.74, 6) is -2.47. The van der Waals surface area contributed by atoms with Gasteiger partial charge < -0.3 is 19.7 Å². The van der Waals surface area contributed by atoms with Gasteiger partial charge in [-0.2, -0.15) is 4.31 Å². The highest BCUT2D eigenvalue weighted by Crippen LogP contribution is 2.50. The van der Waals surface area contributed by atoms with Crippen LogP contribution in [-0.2, 0) is 30.7 Å². The van der Waals surface area contributed by atoms with Crippen LogP contribution in [0.5, 0.6) is 0 Å². The molecule has 2 heterocycles. The van der Waals surface area contributed by atoms with E-state index in [2.05, 4.69) is 15.3 Å². The van der Waals surface area contributed by atoms with Crippen molar-refractivity contribution < 1.29 is 36.3 Å². The van der Waals surface area contributed by atoms with E-state index >= 15 is 4.39 Å². The van der Waals surface area contributed by atoms with Gasteiger partial charge >= 0.3 is 6.09 Å². The van der Waals surface area contributed by atoms with Crippen molar-refractivity contribution in [2.75, 3.05) is 38.2 Å². The molecule has 12 nitrogen and oxygen atoms in total. The van der Waals surface area contributed by atoms with Crippen LogP contribution in [0.1, 0.15) is 69.9 Å². The highest BCUT2D eigenvalue weighted by Gasteiger charge is 2.52. The molecule has 1 N–H and O–H groups in total. The molecule has 1 aliphatic carbocycles. The number of ether oxygens (including phenoxy) is 2. The number of benzene rings is 3. The van der Waals surface area contributed by atoms with Crippen LogP contribution in [0.25, 0.3) is 10.4 Å². The van der Waals surface area contributed by atoms with Crippen molar-refractivity contribution in [2.24, 2.45) is 16.4 Å². The molecule has 6 rings (SSSR count). The molecule has 294 valence electrons. The maximum atomic E-state index is 15.9. The number of sulfonamides is 1. The Morgan fingerprint density at radius 3 is 2.35 bits per heavy atom. The average molecular weight is 779 g/mol. The maximum Gasteiger partial charge on any atom is 0.410 e. The summed E-state index contributed by atoms with van der Waals surface area (Å²) in [6.07, 6.45) is 2.20. The predicted octanol–water partition coefficient (Wildman–Crippen LogP) is 7.82. The molecule has 1 spiro atoms. The van der Waals surface area contributed by atoms with Gasteiger partial charge in [0, 0.05) is 66.4 Å². The van der Waals surface area contributed by atoms with E-state index in [1.54, 1.807) is 62.1 Å². The number of carbonyl (C=O) groups excluding carboxylic acids is 2. The molecule has 3 aromatic carbocycles. The molecule has 0 unspecified atom stereocenters. The normalized spacial score (nSPS) is 20.2. The van der Waals surface area contributed by atoms with E-state index in [9.17, 15) is 27.9 Å². The Hall–Kier alpha value is -4.56. The Morgan fingerprint density at radius 1 is 1.02 bits per heavy atom. The average Bonchev–Trinajstić information content (AvgIpc) is 3.95. The van der Waals surface area contributed by atoms with Gasteiger partial charge in [0.1, 0.15) is 23.3 Å². The van der Waals surface area contributed by atoms with Gasteiger partial charge in [-0.3, -0.25) is 4.79 Å². The first-order valence-electron chi connectivity index (χ1n) is 18.7. The zero-order valence-electron chi connectivity index (χ0n) is 31.4. The first kappa shape index (κ1) is 40.1. The standard InChI is InChI=1S/C40H48F2N6O6S/c1-39(2,3)54-38(50)47-24-30(48(26-40(25-47)20-21-40)55(51,52)31-8-5-4-6-9-31)16-17-32-33(42)10-7-11-34(32)44-37(49)36(45-46-43)35(28-18-22-53-23-19-28)27-12-14-29(41)15-13-27/h4-15,28,30,35-36H,16-26H2,1-3H3,(H,44,49)/t30-,35-,36-/m0/s1. The molecule has 15 heteroatoms. The van der Waals surface area contributed by atoms with Crippen LogP contribution in [0, 0.1) is 23.0 Å². The number of nitrogens with one attached hydrogen (secondary N) is 1. The second-order valence-corrected chi connectivity index (χ2v) is 17.7. The molecule has 2 aliphatic heterocycles. The van der Waals surface area contributed by atoms with Gasteiger partial charge in [-0.1, -0.05) is 41.5 Å². The number of hydrogen-bond donors (Lipinski definition) is 1. The third kappa shape index (κ3) is 9.64. The molecule has 3 aliphatic rings. The molecule has 3 aromatic rings. The Morgan fingerprint density at radius 2 is 1.71 bits per heavy atom. The monoisotopic (exact) mass is 778 g/mol. The van der Waals surface area contributed by atoms with Gasteiger partial charge in [0.05, 0.1) is 4.90 Å². The zero-order valence-corrected chi connectivity index (χ0v) is 32.2. The first-order chi connectivity index (χ1) is 26.2. The summed E-state index contributed by atoms with van der Waals surface area (Å²) in [6.45, 7) is 6.73. The molecule has 0 radical (unpaired) electrons. The molecule has 0 aromatic heterocycles. The van der Waals surface area contributed by atoms with Gasteiger partial charge in [0.25, 0.3) is 0 Å². The number of amides is 2. The molecular formula is C40H48F2N6O6S. The lowest BCUT2D eigenvalue weighted by molar-refractivity contribution is -0.118. The van der Waals surface area contributed by atoms with E-state index < -0.39 is 62.7 Å². The van der Waals surface area contributed by atoms with Crippen LogP contribution in [0.4, 0.5) is 19.3 Å². The van der Waals surface area contributed by atoms with Gasteiger partial charge in [0.2, 0.25) is 15.9 Å². The van der Waals surface area contributed by atoms with Gasteiger partial charge in [-0.25, -0.2) is 22.0 Å². The second-order valence-electron chi connectivity index (χ2n) is 15.8. The highest BCUT2D eigenvalue weighted by molar-refractivity contribution is 7.89. The lowest BCUT2D eigenvalue weighted by atomic mass is 9.76. The lowest BCUT2D eigenvalue weighted by Gasteiger charge is -2.34. The number of rotatable bonds is 11. The van der Waals surface area contributed by atoms with Crippen molar-refractivity contribution in [3.8, 4) is 0 Å². The van der Waals surface area contributed by atoms with Crippen LogP contribution in [0.3, 0.4) is 0 Å². The number of halogens is 2. The van der Waals surface area contributed by atoms with E-state index in [1.165, 1.54) is 40.7 Å². The predicted molar refractivity (Wildman–Crippen MR) is 203 cm³/mol. The number of anilines is 1. The summed E-state index contributed by atoms with van der Waals surface area (Å²) < 4.78 is 71.2. The van der Waals surface area contributed by atoms with Crippen molar-refractivity contribution in [3.05, 3.63) is 106 Å². The van der Waals surface area contributed by atoms with Crippen molar-refractivity contribution >= 4 is 27.7 Å². The Bertz CT molecular complexity index is 2000. The largest absolute Gasteiger partial charge is 0.444 e. The van der Waals surface area contributed by atoms with Crippen LogP contribution in [0.15, 0.2) is 82.8 Å². The molecule has 55 heavy (non-hydrogen) atoms. The molecule has 2 amide bonds. The van der Waals surface area contributed by atoms with Crippen LogP contribution >= 0.6 is 0 Å². The smallest absolute Gasteiger partial charge is 0.410 e. The zero-order chi connectivity index (χ0) is 39.4. The van der Waals surface area contributed by atoms with E-state index in [4.69, 9.17) is 9.47 Å². The minimum atomic E-state index is -4.05. The van der Waals surface area contributed by atoms with Gasteiger partial charge in [0.15, 0.2) is 0 Å². The summed E-state index contributed by atoms with van der Waals surface area (Å²) in [5.41, 5.74) is 9.30. The van der Waals surface area contributed by atoms with Gasteiger partial charge in [-0.15, -0.1) is 0 Å². The number of nitrogens with zero attached hydrogens (tertiary/aromatic N) is 5.